The third-order valence-corrected chi connectivity index (χ3v) is 6.26. The van der Waals surface area contributed by atoms with Crippen molar-refractivity contribution in [1.29, 1.82) is 0 Å². The number of fused-ring (bicyclic) bond motifs is 2. The lowest BCUT2D eigenvalue weighted by molar-refractivity contribution is -0.0595. The molecular formula is C24H30FNO3. The first kappa shape index (κ1) is 20.2. The summed E-state index contributed by atoms with van der Waals surface area (Å²) in [5.74, 6) is 1.25. The lowest BCUT2D eigenvalue weighted by Gasteiger charge is -2.44. The molecular weight excluding hydrogens is 369 g/mol. The first-order valence-electron chi connectivity index (χ1n) is 10.5. The Morgan fingerprint density at radius 3 is 2.31 bits per heavy atom. The fourth-order valence-electron chi connectivity index (χ4n) is 4.95. The molecule has 29 heavy (non-hydrogen) atoms. The minimum Gasteiger partial charge on any atom is -0.493 e. The standard InChI is InChI=1S/C24H30FNO3/c1-16(2)29-23-12-17(4-11-22(23)28-3)15-26-20-9-10-21(26)14-24(27,13-20)18-5-7-19(25)8-6-18/h4-8,11-12,16,20-21,27H,9-10,13-15H2,1-3H3/t20-,21-/m1/s1. The molecule has 1 N–H and O–H groups in total. The number of ether oxygens (including phenoxy) is 2. The van der Waals surface area contributed by atoms with Crippen molar-refractivity contribution < 1.29 is 19.0 Å². The van der Waals surface area contributed by atoms with Crippen molar-refractivity contribution in [3.8, 4) is 11.5 Å². The Morgan fingerprint density at radius 2 is 1.72 bits per heavy atom. The van der Waals surface area contributed by atoms with Crippen LogP contribution in [0.3, 0.4) is 0 Å². The van der Waals surface area contributed by atoms with Gasteiger partial charge in [0, 0.05) is 18.6 Å². The zero-order valence-electron chi connectivity index (χ0n) is 17.4. The zero-order valence-corrected chi connectivity index (χ0v) is 17.4. The van der Waals surface area contributed by atoms with Gasteiger partial charge in [0.15, 0.2) is 11.5 Å². The molecule has 2 aliphatic rings. The summed E-state index contributed by atoms with van der Waals surface area (Å²) >= 11 is 0. The van der Waals surface area contributed by atoms with Crippen LogP contribution in [0.2, 0.25) is 0 Å². The number of rotatable bonds is 6. The van der Waals surface area contributed by atoms with Gasteiger partial charge in [-0.05, 0) is 74.9 Å². The van der Waals surface area contributed by atoms with Gasteiger partial charge in [-0.1, -0.05) is 18.2 Å². The second-order valence-electron chi connectivity index (χ2n) is 8.66. The molecule has 4 nitrogen and oxygen atoms in total. The van der Waals surface area contributed by atoms with E-state index in [2.05, 4.69) is 17.0 Å². The summed E-state index contributed by atoms with van der Waals surface area (Å²) in [4.78, 5) is 2.51. The third-order valence-electron chi connectivity index (χ3n) is 6.26. The molecule has 0 amide bonds. The van der Waals surface area contributed by atoms with Crippen molar-refractivity contribution in [3.63, 3.8) is 0 Å². The molecule has 2 aliphatic heterocycles. The summed E-state index contributed by atoms with van der Waals surface area (Å²) in [5, 5.41) is 11.3. The van der Waals surface area contributed by atoms with E-state index in [0.717, 1.165) is 36.4 Å². The number of nitrogens with zero attached hydrogens (tertiary/aromatic N) is 1. The highest BCUT2D eigenvalue weighted by Crippen LogP contribution is 2.46. The van der Waals surface area contributed by atoms with Gasteiger partial charge in [0.2, 0.25) is 0 Å². The summed E-state index contributed by atoms with van der Waals surface area (Å²) in [7, 11) is 1.66. The van der Waals surface area contributed by atoms with Crippen LogP contribution in [0.25, 0.3) is 0 Å². The maximum absolute atomic E-state index is 13.3. The van der Waals surface area contributed by atoms with E-state index >= 15 is 0 Å². The van der Waals surface area contributed by atoms with Crippen molar-refractivity contribution in [2.24, 2.45) is 0 Å². The quantitative estimate of drug-likeness (QED) is 0.769. The molecule has 156 valence electrons. The van der Waals surface area contributed by atoms with E-state index in [1.54, 1.807) is 19.2 Å². The SMILES string of the molecule is COc1ccc(CN2[C@@H]3CC[C@@H]2CC(O)(c2ccc(F)cc2)C3)cc1OC(C)C. The van der Waals surface area contributed by atoms with E-state index in [1.165, 1.54) is 17.7 Å². The van der Waals surface area contributed by atoms with Crippen molar-refractivity contribution in [2.75, 3.05) is 7.11 Å². The van der Waals surface area contributed by atoms with Gasteiger partial charge in [0.05, 0.1) is 18.8 Å². The van der Waals surface area contributed by atoms with Crippen LogP contribution in [0.15, 0.2) is 42.5 Å². The van der Waals surface area contributed by atoms with Crippen LogP contribution >= 0.6 is 0 Å². The van der Waals surface area contributed by atoms with Gasteiger partial charge in [0.1, 0.15) is 5.82 Å². The van der Waals surface area contributed by atoms with Crippen LogP contribution in [0.1, 0.15) is 50.7 Å². The van der Waals surface area contributed by atoms with Crippen molar-refractivity contribution >= 4 is 0 Å². The minimum absolute atomic E-state index is 0.0797. The molecule has 0 saturated carbocycles. The highest BCUT2D eigenvalue weighted by Gasteiger charge is 2.48. The van der Waals surface area contributed by atoms with Crippen LogP contribution < -0.4 is 9.47 Å². The Hall–Kier alpha value is -2.11. The number of piperidine rings is 1. The molecule has 4 rings (SSSR count). The molecule has 2 aromatic carbocycles. The van der Waals surface area contributed by atoms with E-state index in [1.807, 2.05) is 19.9 Å². The zero-order chi connectivity index (χ0) is 20.6. The number of benzene rings is 2. The number of hydrogen-bond acceptors (Lipinski definition) is 4. The average molecular weight is 400 g/mol. The average Bonchev–Trinajstić information content (AvgIpc) is 2.92. The van der Waals surface area contributed by atoms with Gasteiger partial charge in [-0.2, -0.15) is 0 Å². The number of hydrogen-bond donors (Lipinski definition) is 1. The van der Waals surface area contributed by atoms with Gasteiger partial charge in [-0.3, -0.25) is 4.90 Å². The summed E-state index contributed by atoms with van der Waals surface area (Å²) in [6.45, 7) is 4.84. The number of aliphatic hydroxyl groups is 1. The molecule has 2 fully saturated rings. The van der Waals surface area contributed by atoms with Crippen LogP contribution in [0.4, 0.5) is 4.39 Å². The second-order valence-corrected chi connectivity index (χ2v) is 8.66. The maximum atomic E-state index is 13.3. The highest BCUT2D eigenvalue weighted by molar-refractivity contribution is 5.43. The molecule has 0 radical (unpaired) electrons. The predicted octanol–water partition coefficient (Wildman–Crippen LogP) is 4.64. The molecule has 5 heteroatoms. The first-order valence-corrected chi connectivity index (χ1v) is 10.5. The van der Waals surface area contributed by atoms with Crippen molar-refractivity contribution in [3.05, 3.63) is 59.4 Å². The summed E-state index contributed by atoms with van der Waals surface area (Å²) in [5.41, 5.74) is 1.14. The van der Waals surface area contributed by atoms with E-state index in [9.17, 15) is 9.50 Å². The van der Waals surface area contributed by atoms with Crippen LogP contribution in [0, 0.1) is 5.82 Å². The van der Waals surface area contributed by atoms with E-state index in [4.69, 9.17) is 9.47 Å². The smallest absolute Gasteiger partial charge is 0.161 e. The van der Waals surface area contributed by atoms with Crippen molar-refractivity contribution in [1.82, 2.24) is 4.90 Å². The Morgan fingerprint density at radius 1 is 1.07 bits per heavy atom. The Kier molecular flexibility index (Phi) is 5.54. The third kappa shape index (κ3) is 4.12. The molecule has 0 unspecified atom stereocenters. The molecule has 2 saturated heterocycles. The fraction of sp³-hybridized carbons (Fsp3) is 0.500. The van der Waals surface area contributed by atoms with Gasteiger partial charge in [-0.25, -0.2) is 4.39 Å². The van der Waals surface area contributed by atoms with Crippen LogP contribution in [-0.4, -0.2) is 35.3 Å². The molecule has 2 atom stereocenters. The van der Waals surface area contributed by atoms with Gasteiger partial charge in [-0.15, -0.1) is 0 Å². The van der Waals surface area contributed by atoms with E-state index in [-0.39, 0.29) is 11.9 Å². The maximum Gasteiger partial charge on any atom is 0.161 e. The first-order chi connectivity index (χ1) is 13.9. The minimum atomic E-state index is -0.873. The normalized spacial score (nSPS) is 26.7. The summed E-state index contributed by atoms with van der Waals surface area (Å²) < 4.78 is 24.7. The molecule has 0 aromatic heterocycles. The topological polar surface area (TPSA) is 41.9 Å². The fourth-order valence-corrected chi connectivity index (χ4v) is 4.95. The summed E-state index contributed by atoms with van der Waals surface area (Å²) in [6.07, 6.45) is 3.61. The molecule has 0 spiro atoms. The number of methoxy groups -OCH3 is 1. The number of halogens is 1. The van der Waals surface area contributed by atoms with Gasteiger partial charge in [0.25, 0.3) is 0 Å². The molecule has 2 heterocycles. The monoisotopic (exact) mass is 399 g/mol. The molecule has 2 bridgehead atoms. The summed E-state index contributed by atoms with van der Waals surface area (Å²) in [6, 6.07) is 13.1. The largest absolute Gasteiger partial charge is 0.493 e. The van der Waals surface area contributed by atoms with Crippen LogP contribution in [0.5, 0.6) is 11.5 Å². The van der Waals surface area contributed by atoms with Gasteiger partial charge >= 0.3 is 0 Å². The lowest BCUT2D eigenvalue weighted by atomic mass is 9.80. The Bertz CT molecular complexity index is 838. The lowest BCUT2D eigenvalue weighted by Crippen LogP contribution is -2.49. The Balaban J connectivity index is 1.51. The molecule has 2 aromatic rings. The second kappa shape index (κ2) is 7.96. The molecule has 0 aliphatic carbocycles. The van der Waals surface area contributed by atoms with Crippen molar-refractivity contribution in [2.45, 2.75) is 69.9 Å². The predicted molar refractivity (Wildman–Crippen MR) is 111 cm³/mol. The van der Waals surface area contributed by atoms with Gasteiger partial charge < -0.3 is 14.6 Å². The Labute approximate surface area is 172 Å². The van der Waals surface area contributed by atoms with Crippen LogP contribution in [-0.2, 0) is 12.1 Å². The van der Waals surface area contributed by atoms with E-state index in [0.29, 0.717) is 24.9 Å². The van der Waals surface area contributed by atoms with E-state index < -0.39 is 5.60 Å². The highest BCUT2D eigenvalue weighted by atomic mass is 19.1.